The van der Waals surface area contributed by atoms with Crippen LogP contribution in [-0.2, 0) is 11.0 Å². The lowest BCUT2D eigenvalue weighted by Gasteiger charge is -2.16. The maximum Gasteiger partial charge on any atom is 0.418 e. The molecule has 4 rings (SSSR count). The molecule has 0 aliphatic carbocycles. The lowest BCUT2D eigenvalue weighted by Crippen LogP contribution is -2.29. The summed E-state index contributed by atoms with van der Waals surface area (Å²) in [6.07, 6.45) is -0.893. The highest BCUT2D eigenvalue weighted by molar-refractivity contribution is 5.96. The van der Waals surface area contributed by atoms with Gasteiger partial charge in [0.25, 0.3) is 0 Å². The molecule has 9 heteroatoms. The summed E-state index contributed by atoms with van der Waals surface area (Å²) in [5.41, 5.74) is 0.825. The van der Waals surface area contributed by atoms with Crippen LogP contribution in [0.2, 0.25) is 0 Å². The first kappa shape index (κ1) is 19.2. The summed E-state index contributed by atoms with van der Waals surface area (Å²) in [5.74, 6) is 0.367. The Bertz CT molecular complexity index is 1080. The maximum absolute atomic E-state index is 13.2. The van der Waals surface area contributed by atoms with Crippen molar-refractivity contribution in [1.82, 2.24) is 19.9 Å². The Labute approximate surface area is 164 Å². The topological polar surface area (TPSA) is 71.1 Å². The number of hydrogen-bond donors (Lipinski definition) is 1. The number of nitrogens with zero attached hydrogens (tertiary/aromatic N) is 3. The normalized spacial score (nSPS) is 17.1. The minimum atomic E-state index is -4.45. The van der Waals surface area contributed by atoms with Gasteiger partial charge in [-0.1, -0.05) is 12.1 Å². The van der Waals surface area contributed by atoms with Crippen molar-refractivity contribution in [3.63, 3.8) is 0 Å². The average Bonchev–Trinajstić information content (AvgIpc) is 3.29. The summed E-state index contributed by atoms with van der Waals surface area (Å²) in [6.45, 7) is 4.40. The van der Waals surface area contributed by atoms with E-state index >= 15 is 0 Å². The first-order valence-corrected chi connectivity index (χ1v) is 9.17. The van der Waals surface area contributed by atoms with Crippen molar-refractivity contribution in [3.8, 4) is 17.1 Å². The molecule has 1 aliphatic rings. The third-order valence-electron chi connectivity index (χ3n) is 5.07. The van der Waals surface area contributed by atoms with Gasteiger partial charge in [-0.15, -0.1) is 0 Å². The van der Waals surface area contributed by atoms with Crippen LogP contribution in [0.4, 0.5) is 13.2 Å². The number of aromatic amines is 1. The summed E-state index contributed by atoms with van der Waals surface area (Å²) in [6, 6.07) is 4.04. The standard InChI is InChI=1S/C20H19F3N4O2/c1-11-19(29-13-6-7-27(10-13)12(2)28)25-9-17(26-11)15-8-24-18-14(15)4-3-5-16(18)20(21,22)23/h3-5,8-9,13,24H,6-7,10H2,1-2H3. The van der Waals surface area contributed by atoms with E-state index in [1.54, 1.807) is 17.9 Å². The highest BCUT2D eigenvalue weighted by atomic mass is 19.4. The van der Waals surface area contributed by atoms with E-state index in [0.29, 0.717) is 47.7 Å². The zero-order chi connectivity index (χ0) is 20.8. The fourth-order valence-electron chi connectivity index (χ4n) is 3.59. The molecule has 3 aromatic rings. The summed E-state index contributed by atoms with van der Waals surface area (Å²) >= 11 is 0. The van der Waals surface area contributed by atoms with Crippen molar-refractivity contribution in [2.45, 2.75) is 32.5 Å². The van der Waals surface area contributed by atoms with Crippen LogP contribution >= 0.6 is 0 Å². The van der Waals surface area contributed by atoms with Crippen LogP contribution in [0.5, 0.6) is 5.88 Å². The fourth-order valence-corrected chi connectivity index (χ4v) is 3.59. The second-order valence-corrected chi connectivity index (χ2v) is 7.07. The molecule has 1 N–H and O–H groups in total. The molecule has 152 valence electrons. The van der Waals surface area contributed by atoms with Crippen molar-refractivity contribution in [1.29, 1.82) is 0 Å². The zero-order valence-corrected chi connectivity index (χ0v) is 15.9. The van der Waals surface area contributed by atoms with Gasteiger partial charge in [0.1, 0.15) is 11.8 Å². The summed E-state index contributed by atoms with van der Waals surface area (Å²) in [7, 11) is 0. The minimum absolute atomic E-state index is 0.00631. The van der Waals surface area contributed by atoms with Crippen LogP contribution in [0.25, 0.3) is 22.2 Å². The number of carbonyl (C=O) groups excluding carboxylic acids is 1. The summed E-state index contributed by atoms with van der Waals surface area (Å²) in [5, 5.41) is 0.426. The second kappa shape index (κ2) is 7.06. The molecule has 0 spiro atoms. The predicted octanol–water partition coefficient (Wildman–Crippen LogP) is 3.95. The van der Waals surface area contributed by atoms with Crippen LogP contribution in [0.3, 0.4) is 0 Å². The number of aryl methyl sites for hydroxylation is 1. The Balaban J connectivity index is 1.61. The number of carbonyl (C=O) groups is 1. The Morgan fingerprint density at radius 1 is 1.34 bits per heavy atom. The molecule has 1 saturated heterocycles. The quantitative estimate of drug-likeness (QED) is 0.718. The number of amides is 1. The van der Waals surface area contributed by atoms with Gasteiger partial charge < -0.3 is 14.6 Å². The SMILES string of the molecule is CC(=O)N1CCC(Oc2ncc(-c3c[nH]c4c(C(F)(F)F)cccc34)nc2C)C1. The van der Waals surface area contributed by atoms with Crippen molar-refractivity contribution in [2.24, 2.45) is 0 Å². The Morgan fingerprint density at radius 3 is 2.79 bits per heavy atom. The van der Waals surface area contributed by atoms with Gasteiger partial charge in [0, 0.05) is 37.0 Å². The van der Waals surface area contributed by atoms with Crippen LogP contribution in [0, 0.1) is 6.92 Å². The molecule has 1 fully saturated rings. The molecule has 0 radical (unpaired) electrons. The molecule has 0 saturated carbocycles. The van der Waals surface area contributed by atoms with Gasteiger partial charge in [-0.3, -0.25) is 4.79 Å². The smallest absolute Gasteiger partial charge is 0.418 e. The lowest BCUT2D eigenvalue weighted by molar-refractivity contribution is -0.136. The Hall–Kier alpha value is -3.10. The van der Waals surface area contributed by atoms with Crippen molar-refractivity contribution in [3.05, 3.63) is 41.9 Å². The fraction of sp³-hybridized carbons (Fsp3) is 0.350. The van der Waals surface area contributed by atoms with E-state index in [-0.39, 0.29) is 17.5 Å². The minimum Gasteiger partial charge on any atom is -0.471 e. The van der Waals surface area contributed by atoms with E-state index in [2.05, 4.69) is 15.0 Å². The van der Waals surface area contributed by atoms with Gasteiger partial charge in [-0.2, -0.15) is 13.2 Å². The highest BCUT2D eigenvalue weighted by Gasteiger charge is 2.33. The second-order valence-electron chi connectivity index (χ2n) is 7.07. The van der Waals surface area contributed by atoms with Gasteiger partial charge >= 0.3 is 6.18 Å². The molecule has 3 heterocycles. The molecule has 29 heavy (non-hydrogen) atoms. The Morgan fingerprint density at radius 2 is 2.14 bits per heavy atom. The number of fused-ring (bicyclic) bond motifs is 1. The number of hydrogen-bond acceptors (Lipinski definition) is 4. The van der Waals surface area contributed by atoms with E-state index in [1.807, 2.05) is 0 Å². The highest BCUT2D eigenvalue weighted by Crippen LogP contribution is 2.37. The largest absolute Gasteiger partial charge is 0.471 e. The van der Waals surface area contributed by atoms with E-state index in [9.17, 15) is 18.0 Å². The monoisotopic (exact) mass is 404 g/mol. The molecular weight excluding hydrogens is 385 g/mol. The van der Waals surface area contributed by atoms with Crippen molar-refractivity contribution in [2.75, 3.05) is 13.1 Å². The first-order chi connectivity index (χ1) is 13.7. The number of rotatable bonds is 3. The molecule has 1 unspecified atom stereocenters. The van der Waals surface area contributed by atoms with Crippen LogP contribution in [-0.4, -0.2) is 45.0 Å². The number of ether oxygens (including phenoxy) is 1. The number of likely N-dealkylation sites (tertiary alicyclic amines) is 1. The molecular formula is C20H19F3N4O2. The third-order valence-corrected chi connectivity index (χ3v) is 5.07. The molecule has 6 nitrogen and oxygen atoms in total. The van der Waals surface area contributed by atoms with Crippen LogP contribution < -0.4 is 4.74 Å². The van der Waals surface area contributed by atoms with Crippen molar-refractivity contribution >= 4 is 16.8 Å². The molecule has 1 atom stereocenters. The number of nitrogens with one attached hydrogen (secondary N) is 1. The molecule has 1 aromatic carbocycles. The van der Waals surface area contributed by atoms with Gasteiger partial charge in [-0.05, 0) is 13.0 Å². The number of aromatic nitrogens is 3. The van der Waals surface area contributed by atoms with E-state index in [4.69, 9.17) is 4.74 Å². The van der Waals surface area contributed by atoms with E-state index in [1.165, 1.54) is 25.4 Å². The number of halogens is 3. The molecule has 2 aromatic heterocycles. The van der Waals surface area contributed by atoms with Crippen LogP contribution in [0.15, 0.2) is 30.6 Å². The van der Waals surface area contributed by atoms with E-state index in [0.717, 1.165) is 6.07 Å². The Kier molecular flexibility index (Phi) is 4.68. The third kappa shape index (κ3) is 3.64. The van der Waals surface area contributed by atoms with Gasteiger partial charge in [0.05, 0.1) is 29.5 Å². The van der Waals surface area contributed by atoms with Gasteiger partial charge in [-0.25, -0.2) is 9.97 Å². The molecule has 1 amide bonds. The maximum atomic E-state index is 13.2. The van der Waals surface area contributed by atoms with Crippen LogP contribution in [0.1, 0.15) is 24.6 Å². The summed E-state index contributed by atoms with van der Waals surface area (Å²) < 4.78 is 45.6. The lowest BCUT2D eigenvalue weighted by atomic mass is 10.1. The zero-order valence-electron chi connectivity index (χ0n) is 15.9. The number of benzene rings is 1. The number of alkyl halides is 3. The predicted molar refractivity (Wildman–Crippen MR) is 100 cm³/mol. The first-order valence-electron chi connectivity index (χ1n) is 9.17. The number of H-pyrrole nitrogens is 1. The number of para-hydroxylation sites is 1. The summed E-state index contributed by atoms with van der Waals surface area (Å²) in [4.78, 5) is 24.7. The molecule has 1 aliphatic heterocycles. The van der Waals surface area contributed by atoms with E-state index < -0.39 is 11.7 Å². The van der Waals surface area contributed by atoms with Gasteiger partial charge in [0.15, 0.2) is 0 Å². The average molecular weight is 404 g/mol. The van der Waals surface area contributed by atoms with Crippen molar-refractivity contribution < 1.29 is 22.7 Å². The van der Waals surface area contributed by atoms with Gasteiger partial charge in [0.2, 0.25) is 11.8 Å². The molecule has 0 bridgehead atoms.